The van der Waals surface area contributed by atoms with Crippen molar-refractivity contribution in [2.45, 2.75) is 20.5 Å². The third-order valence-corrected chi connectivity index (χ3v) is 3.61. The quantitative estimate of drug-likeness (QED) is 0.796. The van der Waals surface area contributed by atoms with Crippen molar-refractivity contribution >= 4 is 5.78 Å². The van der Waals surface area contributed by atoms with Crippen LogP contribution in [-0.2, 0) is 6.61 Å². The van der Waals surface area contributed by atoms with Crippen molar-refractivity contribution in [3.8, 4) is 17.2 Å². The number of Topliss-reactive ketones (excluding diaryl/α,β-unsaturated/α-hetero) is 1. The van der Waals surface area contributed by atoms with Crippen LogP contribution >= 0.6 is 0 Å². The Hall–Kier alpha value is -2.75. The lowest BCUT2D eigenvalue weighted by molar-refractivity contribution is 0.101. The number of carbonyl (C=O) groups excluding carboxylic acids is 1. The van der Waals surface area contributed by atoms with E-state index in [4.69, 9.17) is 14.2 Å². The van der Waals surface area contributed by atoms with Crippen LogP contribution in [0.15, 0.2) is 53.8 Å². The fourth-order valence-corrected chi connectivity index (χ4v) is 2.40. The number of ketones is 1. The average molecular weight is 310 g/mol. The van der Waals surface area contributed by atoms with Gasteiger partial charge in [-0.05, 0) is 49.2 Å². The Morgan fingerprint density at radius 3 is 2.65 bits per heavy atom. The third kappa shape index (κ3) is 3.06. The fourth-order valence-electron chi connectivity index (χ4n) is 2.40. The molecule has 0 unspecified atom stereocenters. The predicted molar refractivity (Wildman–Crippen MR) is 87.1 cm³/mol. The van der Waals surface area contributed by atoms with Crippen molar-refractivity contribution in [2.24, 2.45) is 0 Å². The molecule has 4 heteroatoms. The van der Waals surface area contributed by atoms with Crippen LogP contribution in [0.1, 0.15) is 29.8 Å². The number of methoxy groups -OCH3 is 1. The van der Waals surface area contributed by atoms with Gasteiger partial charge in [0.2, 0.25) is 5.78 Å². The van der Waals surface area contributed by atoms with Gasteiger partial charge < -0.3 is 14.2 Å². The van der Waals surface area contributed by atoms with Gasteiger partial charge >= 0.3 is 0 Å². The number of benzene rings is 2. The molecule has 2 aromatic carbocycles. The van der Waals surface area contributed by atoms with E-state index in [1.807, 2.05) is 38.1 Å². The van der Waals surface area contributed by atoms with E-state index in [-0.39, 0.29) is 5.78 Å². The highest BCUT2D eigenvalue weighted by atomic mass is 16.5. The van der Waals surface area contributed by atoms with Gasteiger partial charge in [0.15, 0.2) is 5.76 Å². The first kappa shape index (κ1) is 15.2. The molecule has 0 amide bonds. The van der Waals surface area contributed by atoms with Crippen molar-refractivity contribution in [1.29, 1.82) is 0 Å². The second-order valence-electron chi connectivity index (χ2n) is 5.56. The molecule has 0 N–H and O–H groups in total. The van der Waals surface area contributed by atoms with Gasteiger partial charge in [-0.3, -0.25) is 4.79 Å². The van der Waals surface area contributed by atoms with Crippen molar-refractivity contribution in [3.05, 3.63) is 64.9 Å². The van der Waals surface area contributed by atoms with E-state index in [2.05, 4.69) is 0 Å². The molecule has 0 aromatic heterocycles. The SMILES string of the molecule is COc1cccc(COc2ccc3c(c2)OC(=C(C)C)C3=O)c1. The van der Waals surface area contributed by atoms with Crippen molar-refractivity contribution in [1.82, 2.24) is 0 Å². The molecule has 1 aliphatic rings. The molecule has 1 aliphatic heterocycles. The van der Waals surface area contributed by atoms with Crippen molar-refractivity contribution in [3.63, 3.8) is 0 Å². The summed E-state index contributed by atoms with van der Waals surface area (Å²) >= 11 is 0. The zero-order valence-corrected chi connectivity index (χ0v) is 13.4. The first-order valence-corrected chi connectivity index (χ1v) is 7.38. The lowest BCUT2D eigenvalue weighted by atomic mass is 10.1. The first-order valence-electron chi connectivity index (χ1n) is 7.38. The van der Waals surface area contributed by atoms with Gasteiger partial charge in [0.05, 0.1) is 12.7 Å². The monoisotopic (exact) mass is 310 g/mol. The summed E-state index contributed by atoms with van der Waals surface area (Å²) in [6.07, 6.45) is 0. The number of rotatable bonds is 4. The topological polar surface area (TPSA) is 44.8 Å². The van der Waals surface area contributed by atoms with Gasteiger partial charge in [-0.25, -0.2) is 0 Å². The molecule has 2 aromatic rings. The molecule has 0 aliphatic carbocycles. The Kier molecular flexibility index (Phi) is 4.06. The summed E-state index contributed by atoms with van der Waals surface area (Å²) in [4.78, 5) is 12.2. The summed E-state index contributed by atoms with van der Waals surface area (Å²) in [7, 11) is 1.63. The highest BCUT2D eigenvalue weighted by molar-refractivity contribution is 6.12. The van der Waals surface area contributed by atoms with Gasteiger partial charge in [0.1, 0.15) is 23.9 Å². The molecule has 118 valence electrons. The number of hydrogen-bond acceptors (Lipinski definition) is 4. The van der Waals surface area contributed by atoms with E-state index in [1.165, 1.54) is 0 Å². The van der Waals surface area contributed by atoms with E-state index in [9.17, 15) is 4.79 Å². The predicted octanol–water partition coefficient (Wildman–Crippen LogP) is 4.14. The molecule has 0 spiro atoms. The van der Waals surface area contributed by atoms with Crippen LogP contribution in [0.25, 0.3) is 0 Å². The average Bonchev–Trinajstić information content (AvgIpc) is 2.90. The van der Waals surface area contributed by atoms with Gasteiger partial charge in [-0.2, -0.15) is 0 Å². The molecule has 0 radical (unpaired) electrons. The molecule has 3 rings (SSSR count). The Bertz CT molecular complexity index is 786. The summed E-state index contributed by atoms with van der Waals surface area (Å²) in [6.45, 7) is 4.14. The van der Waals surface area contributed by atoms with Crippen LogP contribution in [0.4, 0.5) is 0 Å². The van der Waals surface area contributed by atoms with E-state index in [0.29, 0.717) is 29.4 Å². The number of fused-ring (bicyclic) bond motifs is 1. The zero-order chi connectivity index (χ0) is 16.4. The smallest absolute Gasteiger partial charge is 0.231 e. The second-order valence-corrected chi connectivity index (χ2v) is 5.56. The molecule has 23 heavy (non-hydrogen) atoms. The summed E-state index contributed by atoms with van der Waals surface area (Å²) in [6, 6.07) is 13.0. The minimum atomic E-state index is -0.0701. The molecule has 4 nitrogen and oxygen atoms in total. The molecule has 0 saturated carbocycles. The molecular formula is C19H18O4. The number of allylic oxidation sites excluding steroid dienone is 2. The van der Waals surface area contributed by atoms with Gasteiger partial charge in [-0.1, -0.05) is 12.1 Å². The minimum absolute atomic E-state index is 0.0701. The summed E-state index contributed by atoms with van der Waals surface area (Å²) in [5, 5.41) is 0. The first-order chi connectivity index (χ1) is 11.1. The lowest BCUT2D eigenvalue weighted by Gasteiger charge is -2.08. The third-order valence-electron chi connectivity index (χ3n) is 3.61. The normalized spacial score (nSPS) is 12.7. The molecular weight excluding hydrogens is 292 g/mol. The maximum absolute atomic E-state index is 12.2. The second kappa shape index (κ2) is 6.16. The highest BCUT2D eigenvalue weighted by Gasteiger charge is 2.28. The van der Waals surface area contributed by atoms with Crippen LogP contribution in [0.5, 0.6) is 17.2 Å². The summed E-state index contributed by atoms with van der Waals surface area (Å²) < 4.78 is 16.6. The molecule has 1 heterocycles. The number of carbonyl (C=O) groups is 1. The Labute approximate surface area is 135 Å². The lowest BCUT2D eigenvalue weighted by Crippen LogP contribution is -2.00. The fraction of sp³-hybridized carbons (Fsp3) is 0.211. The van der Waals surface area contributed by atoms with E-state index in [0.717, 1.165) is 16.9 Å². The minimum Gasteiger partial charge on any atom is -0.497 e. The number of hydrogen-bond donors (Lipinski definition) is 0. The molecule has 0 fully saturated rings. The standard InChI is InChI=1S/C19H18O4/c1-12(2)19-18(20)16-8-7-15(10-17(16)23-19)22-11-13-5-4-6-14(9-13)21-3/h4-10H,11H2,1-3H3. The van der Waals surface area contributed by atoms with E-state index >= 15 is 0 Å². The van der Waals surface area contributed by atoms with Crippen LogP contribution in [-0.4, -0.2) is 12.9 Å². The van der Waals surface area contributed by atoms with Crippen LogP contribution < -0.4 is 14.2 Å². The summed E-state index contributed by atoms with van der Waals surface area (Å²) in [5.41, 5.74) is 2.45. The number of ether oxygens (including phenoxy) is 3. The van der Waals surface area contributed by atoms with Crippen molar-refractivity contribution in [2.75, 3.05) is 7.11 Å². The Morgan fingerprint density at radius 1 is 1.09 bits per heavy atom. The molecule has 0 atom stereocenters. The summed E-state index contributed by atoms with van der Waals surface area (Å²) in [5.74, 6) is 2.34. The van der Waals surface area contributed by atoms with Gasteiger partial charge in [0, 0.05) is 6.07 Å². The van der Waals surface area contributed by atoms with Gasteiger partial charge in [0.25, 0.3) is 0 Å². The Morgan fingerprint density at radius 2 is 1.91 bits per heavy atom. The Balaban J connectivity index is 1.75. The molecule has 0 saturated heterocycles. The molecule has 0 bridgehead atoms. The van der Waals surface area contributed by atoms with Crippen LogP contribution in [0, 0.1) is 0 Å². The largest absolute Gasteiger partial charge is 0.497 e. The van der Waals surface area contributed by atoms with Gasteiger partial charge in [-0.15, -0.1) is 0 Å². The highest BCUT2D eigenvalue weighted by Crippen LogP contribution is 2.35. The maximum Gasteiger partial charge on any atom is 0.231 e. The zero-order valence-electron chi connectivity index (χ0n) is 13.4. The van der Waals surface area contributed by atoms with Crippen molar-refractivity contribution < 1.29 is 19.0 Å². The van der Waals surface area contributed by atoms with Crippen LogP contribution in [0.2, 0.25) is 0 Å². The van der Waals surface area contributed by atoms with E-state index in [1.54, 1.807) is 25.3 Å². The van der Waals surface area contributed by atoms with Crippen LogP contribution in [0.3, 0.4) is 0 Å². The maximum atomic E-state index is 12.2. The van der Waals surface area contributed by atoms with E-state index < -0.39 is 0 Å².